The first-order valence-corrected chi connectivity index (χ1v) is 6.24. The molecule has 0 bridgehead atoms. The summed E-state index contributed by atoms with van der Waals surface area (Å²) in [5.41, 5.74) is 6.95. The van der Waals surface area contributed by atoms with E-state index < -0.39 is 5.97 Å². The van der Waals surface area contributed by atoms with Crippen molar-refractivity contribution in [3.05, 3.63) is 47.8 Å². The molecule has 0 aliphatic heterocycles. The van der Waals surface area contributed by atoms with Crippen LogP contribution >= 0.6 is 0 Å². The molecule has 3 N–H and O–H groups in total. The van der Waals surface area contributed by atoms with Crippen LogP contribution in [0.5, 0.6) is 0 Å². The van der Waals surface area contributed by atoms with Crippen molar-refractivity contribution in [1.29, 1.82) is 0 Å². The molecule has 1 unspecified atom stereocenters. The summed E-state index contributed by atoms with van der Waals surface area (Å²) < 4.78 is 13.7. The van der Waals surface area contributed by atoms with Crippen molar-refractivity contribution in [2.75, 3.05) is 0 Å². The van der Waals surface area contributed by atoms with Gasteiger partial charge in [-0.05, 0) is 29.9 Å². The molecular formula is C15H16FNO2. The van der Waals surface area contributed by atoms with Crippen molar-refractivity contribution in [1.82, 2.24) is 0 Å². The monoisotopic (exact) mass is 261 g/mol. The second-order valence-corrected chi connectivity index (χ2v) is 4.57. The first kappa shape index (κ1) is 13.5. The summed E-state index contributed by atoms with van der Waals surface area (Å²) in [5, 5.41) is 9.96. The number of carbonyl (C=O) groups is 1. The number of nitrogens with two attached hydrogens (primary N) is 1. The first-order chi connectivity index (χ1) is 9.09. The lowest BCUT2D eigenvalue weighted by Gasteiger charge is -2.14. The van der Waals surface area contributed by atoms with E-state index in [2.05, 4.69) is 0 Å². The van der Waals surface area contributed by atoms with Crippen LogP contribution in [0.15, 0.2) is 36.4 Å². The zero-order valence-electron chi connectivity index (χ0n) is 10.5. The highest BCUT2D eigenvalue weighted by Crippen LogP contribution is 2.27. The highest BCUT2D eigenvalue weighted by Gasteiger charge is 2.12. The molecule has 0 aromatic heterocycles. The summed E-state index contributed by atoms with van der Waals surface area (Å²) in [6.07, 6.45) is 1.19. The fraction of sp³-hybridized carbons (Fsp3) is 0.267. The maximum Gasteiger partial charge on any atom is 0.303 e. The van der Waals surface area contributed by atoms with Gasteiger partial charge in [-0.1, -0.05) is 30.3 Å². The molecule has 0 spiro atoms. The molecule has 19 heavy (non-hydrogen) atoms. The van der Waals surface area contributed by atoms with E-state index in [9.17, 15) is 9.18 Å². The van der Waals surface area contributed by atoms with Crippen LogP contribution in [0.3, 0.4) is 0 Å². The average molecular weight is 261 g/mol. The zero-order valence-corrected chi connectivity index (χ0v) is 10.5. The van der Waals surface area contributed by atoms with Gasteiger partial charge in [-0.3, -0.25) is 4.79 Å². The van der Waals surface area contributed by atoms with Gasteiger partial charge in [0.15, 0.2) is 0 Å². The van der Waals surface area contributed by atoms with Gasteiger partial charge < -0.3 is 10.8 Å². The van der Waals surface area contributed by atoms with Gasteiger partial charge in [0.25, 0.3) is 0 Å². The summed E-state index contributed by atoms with van der Waals surface area (Å²) in [6.45, 7) is 0. The van der Waals surface area contributed by atoms with E-state index in [4.69, 9.17) is 10.8 Å². The summed E-state index contributed by atoms with van der Waals surface area (Å²) >= 11 is 0. The van der Waals surface area contributed by atoms with E-state index >= 15 is 0 Å². The maximum absolute atomic E-state index is 13.7. The third kappa shape index (κ3) is 3.09. The van der Waals surface area contributed by atoms with Crippen LogP contribution in [0.25, 0.3) is 10.8 Å². The fourth-order valence-electron chi connectivity index (χ4n) is 2.24. The van der Waals surface area contributed by atoms with E-state index in [1.165, 1.54) is 6.07 Å². The lowest BCUT2D eigenvalue weighted by atomic mass is 9.95. The van der Waals surface area contributed by atoms with E-state index in [-0.39, 0.29) is 18.3 Å². The Morgan fingerprint density at radius 2 is 1.89 bits per heavy atom. The smallest absolute Gasteiger partial charge is 0.303 e. The Labute approximate surface area is 110 Å². The average Bonchev–Trinajstić information content (AvgIpc) is 2.39. The number of hydrogen-bond donors (Lipinski definition) is 2. The second-order valence-electron chi connectivity index (χ2n) is 4.57. The van der Waals surface area contributed by atoms with Crippen molar-refractivity contribution >= 4 is 16.7 Å². The van der Waals surface area contributed by atoms with Gasteiger partial charge in [0.2, 0.25) is 0 Å². The number of fused-ring (bicyclic) bond motifs is 1. The number of hydrogen-bond acceptors (Lipinski definition) is 2. The van der Waals surface area contributed by atoms with E-state index in [1.807, 2.05) is 12.1 Å². The lowest BCUT2D eigenvalue weighted by molar-refractivity contribution is -0.137. The van der Waals surface area contributed by atoms with Crippen LogP contribution in [0.4, 0.5) is 4.39 Å². The van der Waals surface area contributed by atoms with Crippen LogP contribution in [-0.4, -0.2) is 11.1 Å². The SMILES string of the molecule is NC(CCCC(=O)O)c1ccc(F)c2ccccc12. The molecule has 0 saturated carbocycles. The molecular weight excluding hydrogens is 245 g/mol. The molecule has 2 aromatic carbocycles. The fourth-order valence-corrected chi connectivity index (χ4v) is 2.24. The molecule has 0 aliphatic carbocycles. The Morgan fingerprint density at radius 3 is 2.58 bits per heavy atom. The molecule has 1 atom stereocenters. The number of carboxylic acid groups (broad SMARTS) is 1. The molecule has 4 heteroatoms. The predicted molar refractivity (Wildman–Crippen MR) is 72.3 cm³/mol. The van der Waals surface area contributed by atoms with E-state index in [0.29, 0.717) is 18.2 Å². The number of carboxylic acids is 1. The standard InChI is InChI=1S/C15H16FNO2/c16-13-9-8-12(10-4-1-2-5-11(10)13)14(17)6-3-7-15(18)19/h1-2,4-5,8-9,14H,3,6-7,17H2,(H,18,19). The van der Waals surface area contributed by atoms with Crippen molar-refractivity contribution in [2.45, 2.75) is 25.3 Å². The highest BCUT2D eigenvalue weighted by molar-refractivity contribution is 5.86. The summed E-state index contributed by atoms with van der Waals surface area (Å²) in [7, 11) is 0. The van der Waals surface area contributed by atoms with Crippen LogP contribution in [-0.2, 0) is 4.79 Å². The molecule has 0 radical (unpaired) electrons. The van der Waals surface area contributed by atoms with Gasteiger partial charge in [-0.25, -0.2) is 4.39 Å². The van der Waals surface area contributed by atoms with Crippen molar-refractivity contribution in [3.63, 3.8) is 0 Å². The Morgan fingerprint density at radius 1 is 1.21 bits per heavy atom. The molecule has 100 valence electrons. The minimum Gasteiger partial charge on any atom is -0.481 e. The Hall–Kier alpha value is -1.94. The Kier molecular flexibility index (Phi) is 4.12. The normalized spacial score (nSPS) is 12.5. The van der Waals surface area contributed by atoms with E-state index in [0.717, 1.165) is 10.9 Å². The topological polar surface area (TPSA) is 63.3 Å². The minimum atomic E-state index is -0.823. The van der Waals surface area contributed by atoms with Gasteiger partial charge in [0.1, 0.15) is 5.82 Å². The van der Waals surface area contributed by atoms with E-state index in [1.54, 1.807) is 18.2 Å². The van der Waals surface area contributed by atoms with Gasteiger partial charge in [0.05, 0.1) is 0 Å². The van der Waals surface area contributed by atoms with Crippen molar-refractivity contribution in [2.24, 2.45) is 5.73 Å². The van der Waals surface area contributed by atoms with Crippen LogP contribution in [0, 0.1) is 5.82 Å². The molecule has 2 rings (SSSR count). The lowest BCUT2D eigenvalue weighted by Crippen LogP contribution is -2.11. The first-order valence-electron chi connectivity index (χ1n) is 6.24. The van der Waals surface area contributed by atoms with Crippen LogP contribution < -0.4 is 5.73 Å². The third-order valence-corrected chi connectivity index (χ3v) is 3.21. The number of aliphatic carboxylic acids is 1. The van der Waals surface area contributed by atoms with Gasteiger partial charge >= 0.3 is 5.97 Å². The van der Waals surface area contributed by atoms with Crippen molar-refractivity contribution < 1.29 is 14.3 Å². The molecule has 3 nitrogen and oxygen atoms in total. The molecule has 0 aliphatic rings. The highest BCUT2D eigenvalue weighted by atomic mass is 19.1. The Bertz CT molecular complexity index is 598. The van der Waals surface area contributed by atoms with Gasteiger partial charge in [-0.15, -0.1) is 0 Å². The summed E-state index contributed by atoms with van der Waals surface area (Å²) in [4.78, 5) is 10.5. The third-order valence-electron chi connectivity index (χ3n) is 3.21. The van der Waals surface area contributed by atoms with Gasteiger partial charge in [-0.2, -0.15) is 0 Å². The minimum absolute atomic E-state index is 0.104. The maximum atomic E-state index is 13.7. The molecule has 0 amide bonds. The summed E-state index contributed by atoms with van der Waals surface area (Å²) in [5.74, 6) is -1.09. The zero-order chi connectivity index (χ0) is 13.8. The van der Waals surface area contributed by atoms with Gasteiger partial charge in [0, 0.05) is 17.8 Å². The number of benzene rings is 2. The van der Waals surface area contributed by atoms with Crippen LogP contribution in [0.1, 0.15) is 30.9 Å². The molecule has 0 saturated heterocycles. The Balaban J connectivity index is 2.24. The molecule has 2 aromatic rings. The molecule has 0 heterocycles. The number of rotatable bonds is 5. The summed E-state index contributed by atoms with van der Waals surface area (Å²) in [6, 6.07) is 10.0. The number of halogens is 1. The molecule has 0 fully saturated rings. The van der Waals surface area contributed by atoms with Crippen molar-refractivity contribution in [3.8, 4) is 0 Å². The second kappa shape index (κ2) is 5.80. The quantitative estimate of drug-likeness (QED) is 0.868. The van der Waals surface area contributed by atoms with Crippen LogP contribution in [0.2, 0.25) is 0 Å². The predicted octanol–water partition coefficient (Wildman–Crippen LogP) is 3.23. The largest absolute Gasteiger partial charge is 0.481 e.